The molecule has 0 saturated heterocycles. The number of carboxylic acids is 1. The Morgan fingerprint density at radius 2 is 1.24 bits per heavy atom. The van der Waals surface area contributed by atoms with E-state index in [1.807, 2.05) is 30.3 Å². The van der Waals surface area contributed by atoms with Gasteiger partial charge in [-0.1, -0.05) is 72.8 Å². The average molecular weight is 331 g/mol. The molecule has 25 heavy (non-hydrogen) atoms. The summed E-state index contributed by atoms with van der Waals surface area (Å²) in [6.45, 7) is 0.149. The molecule has 0 N–H and O–H groups in total. The Morgan fingerprint density at radius 1 is 0.720 bits per heavy atom. The summed E-state index contributed by atoms with van der Waals surface area (Å²) in [5, 5.41) is 11.4. The van der Waals surface area contributed by atoms with Crippen LogP contribution in [0.1, 0.15) is 26.3 Å². The van der Waals surface area contributed by atoms with Crippen LogP contribution in [0.4, 0.5) is 0 Å². The monoisotopic (exact) mass is 331 g/mol. The predicted molar refractivity (Wildman–Crippen MR) is 91.8 cm³/mol. The van der Waals surface area contributed by atoms with E-state index in [0.29, 0.717) is 16.7 Å². The van der Waals surface area contributed by atoms with Crippen LogP contribution < -0.4 is 5.11 Å². The van der Waals surface area contributed by atoms with E-state index in [2.05, 4.69) is 0 Å². The minimum Gasteiger partial charge on any atom is -0.545 e. The van der Waals surface area contributed by atoms with Gasteiger partial charge >= 0.3 is 5.97 Å². The molecular weight excluding hydrogens is 316 g/mol. The maximum Gasteiger partial charge on any atom is 0.339 e. The third kappa shape index (κ3) is 3.75. The number of carboxylic acid groups (broad SMARTS) is 1. The van der Waals surface area contributed by atoms with Crippen molar-refractivity contribution in [3.63, 3.8) is 0 Å². The molecule has 3 aromatic carbocycles. The fourth-order valence-corrected chi connectivity index (χ4v) is 2.59. The maximum absolute atomic E-state index is 12.5. The molecular formula is C21H15O4-. The first-order valence-electron chi connectivity index (χ1n) is 7.77. The van der Waals surface area contributed by atoms with Gasteiger partial charge in [-0.3, -0.25) is 0 Å². The van der Waals surface area contributed by atoms with Crippen LogP contribution in [0.3, 0.4) is 0 Å². The second-order valence-electron chi connectivity index (χ2n) is 5.44. The van der Waals surface area contributed by atoms with Gasteiger partial charge in [-0.15, -0.1) is 0 Å². The fourth-order valence-electron chi connectivity index (χ4n) is 2.59. The molecule has 0 aromatic heterocycles. The Morgan fingerprint density at radius 3 is 1.88 bits per heavy atom. The number of hydrogen-bond donors (Lipinski definition) is 0. The van der Waals surface area contributed by atoms with Crippen LogP contribution in [0.5, 0.6) is 0 Å². The first kappa shape index (κ1) is 16.5. The summed E-state index contributed by atoms with van der Waals surface area (Å²) in [7, 11) is 0. The molecule has 4 heteroatoms. The lowest BCUT2D eigenvalue weighted by atomic mass is 9.95. The van der Waals surface area contributed by atoms with Gasteiger partial charge in [0.2, 0.25) is 0 Å². The normalized spacial score (nSPS) is 10.2. The van der Waals surface area contributed by atoms with Crippen LogP contribution >= 0.6 is 0 Å². The summed E-state index contributed by atoms with van der Waals surface area (Å²) in [6, 6.07) is 22.6. The Kier molecular flexibility index (Phi) is 4.90. The quantitative estimate of drug-likeness (QED) is 0.674. The van der Waals surface area contributed by atoms with Crippen molar-refractivity contribution in [3.8, 4) is 11.1 Å². The highest BCUT2D eigenvalue weighted by molar-refractivity contribution is 6.02. The molecule has 0 radical (unpaired) electrons. The van der Waals surface area contributed by atoms with Crippen molar-refractivity contribution in [2.75, 3.05) is 0 Å². The summed E-state index contributed by atoms with van der Waals surface area (Å²) in [6.07, 6.45) is 0. The number of rotatable bonds is 5. The third-order valence-corrected chi connectivity index (χ3v) is 3.80. The first-order valence-corrected chi connectivity index (χ1v) is 7.77. The van der Waals surface area contributed by atoms with E-state index in [1.165, 1.54) is 6.07 Å². The number of carbonyl (C=O) groups is 2. The van der Waals surface area contributed by atoms with E-state index in [-0.39, 0.29) is 12.2 Å². The molecule has 0 saturated carbocycles. The number of esters is 1. The Hall–Kier alpha value is -3.40. The van der Waals surface area contributed by atoms with Crippen LogP contribution in [0, 0.1) is 0 Å². The summed E-state index contributed by atoms with van der Waals surface area (Å²) < 4.78 is 5.37. The minimum absolute atomic E-state index is 0.0332. The maximum atomic E-state index is 12.5. The average Bonchev–Trinajstić information content (AvgIpc) is 2.67. The molecule has 124 valence electrons. The van der Waals surface area contributed by atoms with Crippen LogP contribution in [-0.2, 0) is 11.3 Å². The molecule has 0 aliphatic rings. The fraction of sp³-hybridized carbons (Fsp3) is 0.0476. The lowest BCUT2D eigenvalue weighted by Gasteiger charge is -2.14. The van der Waals surface area contributed by atoms with Gasteiger partial charge in [0.15, 0.2) is 0 Å². The highest BCUT2D eigenvalue weighted by Crippen LogP contribution is 2.27. The molecule has 0 spiro atoms. The van der Waals surface area contributed by atoms with E-state index >= 15 is 0 Å². The second-order valence-corrected chi connectivity index (χ2v) is 5.44. The molecule has 0 fully saturated rings. The van der Waals surface area contributed by atoms with Crippen molar-refractivity contribution in [1.82, 2.24) is 0 Å². The highest BCUT2D eigenvalue weighted by Gasteiger charge is 2.16. The Balaban J connectivity index is 1.91. The van der Waals surface area contributed by atoms with E-state index in [4.69, 9.17) is 4.74 Å². The van der Waals surface area contributed by atoms with Crippen molar-refractivity contribution >= 4 is 11.9 Å². The number of aromatic carboxylic acids is 1. The second kappa shape index (κ2) is 7.45. The van der Waals surface area contributed by atoms with Crippen molar-refractivity contribution in [1.29, 1.82) is 0 Å². The van der Waals surface area contributed by atoms with Gasteiger partial charge in [0.1, 0.15) is 6.61 Å². The molecule has 3 aromatic rings. The number of hydrogen-bond acceptors (Lipinski definition) is 4. The molecule has 0 heterocycles. The number of ether oxygens (including phenoxy) is 1. The van der Waals surface area contributed by atoms with Crippen molar-refractivity contribution in [2.24, 2.45) is 0 Å². The lowest BCUT2D eigenvalue weighted by Crippen LogP contribution is -2.23. The van der Waals surface area contributed by atoms with Crippen LogP contribution in [0.25, 0.3) is 11.1 Å². The zero-order chi connectivity index (χ0) is 17.6. The summed E-state index contributed by atoms with van der Waals surface area (Å²) in [4.78, 5) is 23.9. The third-order valence-electron chi connectivity index (χ3n) is 3.80. The van der Waals surface area contributed by atoms with E-state index in [0.717, 1.165) is 5.56 Å². The predicted octanol–water partition coefficient (Wildman–Crippen LogP) is 3.07. The lowest BCUT2D eigenvalue weighted by molar-refractivity contribution is -0.254. The summed E-state index contributed by atoms with van der Waals surface area (Å²) in [5.41, 5.74) is 2.15. The smallest absolute Gasteiger partial charge is 0.339 e. The van der Waals surface area contributed by atoms with E-state index in [1.54, 1.807) is 42.5 Å². The summed E-state index contributed by atoms with van der Waals surface area (Å²) >= 11 is 0. The van der Waals surface area contributed by atoms with Crippen molar-refractivity contribution in [2.45, 2.75) is 6.61 Å². The highest BCUT2D eigenvalue weighted by atomic mass is 16.5. The zero-order valence-corrected chi connectivity index (χ0v) is 13.3. The number of carbonyl (C=O) groups excluding carboxylic acids is 2. The van der Waals surface area contributed by atoms with Gasteiger partial charge in [0, 0.05) is 5.56 Å². The molecule has 3 rings (SSSR count). The van der Waals surface area contributed by atoms with E-state index in [9.17, 15) is 14.7 Å². The van der Waals surface area contributed by atoms with Gasteiger partial charge < -0.3 is 14.6 Å². The van der Waals surface area contributed by atoms with Crippen molar-refractivity contribution in [3.05, 3.63) is 95.6 Å². The molecule has 0 aliphatic heterocycles. The van der Waals surface area contributed by atoms with Crippen molar-refractivity contribution < 1.29 is 19.4 Å². The molecule has 0 amide bonds. The van der Waals surface area contributed by atoms with Gasteiger partial charge in [-0.2, -0.15) is 0 Å². The van der Waals surface area contributed by atoms with Crippen LogP contribution in [0.2, 0.25) is 0 Å². The van der Waals surface area contributed by atoms with Crippen LogP contribution in [-0.4, -0.2) is 11.9 Å². The number of benzene rings is 3. The zero-order valence-electron chi connectivity index (χ0n) is 13.3. The van der Waals surface area contributed by atoms with Gasteiger partial charge in [-0.05, 0) is 22.8 Å². The van der Waals surface area contributed by atoms with Crippen LogP contribution in [0.15, 0.2) is 78.9 Å². The minimum atomic E-state index is -1.29. The van der Waals surface area contributed by atoms with Gasteiger partial charge in [0.25, 0.3) is 0 Å². The first-order chi connectivity index (χ1) is 12.2. The SMILES string of the molecule is O=C([O-])c1ccccc1-c1ccccc1C(=O)OCc1ccccc1. The van der Waals surface area contributed by atoms with Gasteiger partial charge in [0.05, 0.1) is 11.5 Å². The summed E-state index contributed by atoms with van der Waals surface area (Å²) in [5.74, 6) is -1.80. The Bertz CT molecular complexity index is 901. The molecule has 4 nitrogen and oxygen atoms in total. The molecule has 0 atom stereocenters. The molecule has 0 aliphatic carbocycles. The standard InChI is InChI=1S/C21H16O4/c22-20(23)18-12-6-4-10-16(18)17-11-5-7-13-19(17)21(24)25-14-15-8-2-1-3-9-15/h1-13H,14H2,(H,22,23)/p-1. The topological polar surface area (TPSA) is 66.4 Å². The van der Waals surface area contributed by atoms with Gasteiger partial charge in [-0.25, -0.2) is 4.79 Å². The molecule has 0 bridgehead atoms. The van der Waals surface area contributed by atoms with E-state index < -0.39 is 11.9 Å². The largest absolute Gasteiger partial charge is 0.545 e. The Labute approximate surface area is 145 Å². The molecule has 0 unspecified atom stereocenters.